The van der Waals surface area contributed by atoms with Crippen LogP contribution in [0.1, 0.15) is 34.8 Å². The van der Waals surface area contributed by atoms with Gasteiger partial charge in [0.15, 0.2) is 0 Å². The molecule has 4 rings (SSSR count). The summed E-state index contributed by atoms with van der Waals surface area (Å²) in [7, 11) is 0. The highest BCUT2D eigenvalue weighted by Gasteiger charge is 2.24. The Kier molecular flexibility index (Phi) is 4.75. The van der Waals surface area contributed by atoms with Crippen molar-refractivity contribution in [3.8, 4) is 0 Å². The minimum Gasteiger partial charge on any atom is -0.318 e. The lowest BCUT2D eigenvalue weighted by molar-refractivity contribution is -0.120. The molecule has 26 heavy (non-hydrogen) atoms. The summed E-state index contributed by atoms with van der Waals surface area (Å²) in [4.78, 5) is 12.6. The zero-order valence-electron chi connectivity index (χ0n) is 14.6. The van der Waals surface area contributed by atoms with Gasteiger partial charge in [0.25, 0.3) is 0 Å². The van der Waals surface area contributed by atoms with Crippen LogP contribution in [0.5, 0.6) is 0 Å². The molecule has 7 nitrogen and oxygen atoms in total. The van der Waals surface area contributed by atoms with Crippen molar-refractivity contribution in [2.24, 2.45) is 5.92 Å². The normalized spacial score (nSPS) is 16.7. The number of aromatic nitrogens is 5. The van der Waals surface area contributed by atoms with Crippen LogP contribution in [-0.2, 0) is 24.2 Å². The molecular weight excluding hydrogens is 348 g/mol. The van der Waals surface area contributed by atoms with Crippen LogP contribution in [0.4, 0.5) is 5.13 Å². The molecule has 0 fully saturated rings. The Morgan fingerprint density at radius 3 is 2.92 bits per heavy atom. The number of carbonyl (C=O) groups is 1. The number of hydrogen-bond acceptors (Lipinski definition) is 6. The van der Waals surface area contributed by atoms with Gasteiger partial charge in [-0.3, -0.25) is 4.79 Å². The van der Waals surface area contributed by atoms with Crippen LogP contribution in [0.15, 0.2) is 30.6 Å². The molecule has 0 saturated carbocycles. The van der Waals surface area contributed by atoms with Crippen molar-refractivity contribution in [2.75, 3.05) is 5.32 Å². The largest absolute Gasteiger partial charge is 0.318 e. The standard InChI is InChI=1S/C18H20N6OS/c1-12-2-4-13(5-3-12)10-16-22-23-18(26-16)20-17(25)14-6-7-15-21-19-11-24(15)9-8-14/h2-5,11,14H,6-10H2,1H3,(H,20,23,25). The lowest BCUT2D eigenvalue weighted by Gasteiger charge is -2.11. The molecule has 1 atom stereocenters. The maximum absolute atomic E-state index is 12.6. The van der Waals surface area contributed by atoms with E-state index in [0.29, 0.717) is 5.13 Å². The van der Waals surface area contributed by atoms with Gasteiger partial charge < -0.3 is 9.88 Å². The van der Waals surface area contributed by atoms with Crippen LogP contribution in [0.3, 0.4) is 0 Å². The van der Waals surface area contributed by atoms with E-state index in [1.54, 1.807) is 6.33 Å². The third-order valence-electron chi connectivity index (χ3n) is 4.67. The van der Waals surface area contributed by atoms with Gasteiger partial charge in [-0.05, 0) is 25.3 Å². The topological polar surface area (TPSA) is 85.6 Å². The van der Waals surface area contributed by atoms with Crippen LogP contribution in [0, 0.1) is 12.8 Å². The number of benzene rings is 1. The first-order valence-electron chi connectivity index (χ1n) is 8.73. The van der Waals surface area contributed by atoms with Gasteiger partial charge in [-0.2, -0.15) is 0 Å². The Balaban J connectivity index is 1.35. The van der Waals surface area contributed by atoms with Gasteiger partial charge >= 0.3 is 0 Å². The van der Waals surface area contributed by atoms with Gasteiger partial charge in [-0.15, -0.1) is 20.4 Å². The first-order valence-corrected chi connectivity index (χ1v) is 9.54. The molecule has 0 saturated heterocycles. The highest BCUT2D eigenvalue weighted by Crippen LogP contribution is 2.23. The fourth-order valence-corrected chi connectivity index (χ4v) is 3.90. The molecule has 1 unspecified atom stereocenters. The number of nitrogens with one attached hydrogen (secondary N) is 1. The van der Waals surface area contributed by atoms with Gasteiger partial charge in [0.05, 0.1) is 0 Å². The summed E-state index contributed by atoms with van der Waals surface area (Å²) in [6, 6.07) is 8.37. The molecule has 134 valence electrons. The average Bonchev–Trinajstić information content (AvgIpc) is 3.22. The van der Waals surface area contributed by atoms with E-state index in [4.69, 9.17) is 0 Å². The van der Waals surface area contributed by atoms with Crippen molar-refractivity contribution in [3.05, 3.63) is 52.6 Å². The van der Waals surface area contributed by atoms with Gasteiger partial charge in [0.1, 0.15) is 17.2 Å². The van der Waals surface area contributed by atoms with Gasteiger partial charge in [-0.1, -0.05) is 41.2 Å². The Morgan fingerprint density at radius 2 is 2.08 bits per heavy atom. The Morgan fingerprint density at radius 1 is 1.23 bits per heavy atom. The monoisotopic (exact) mass is 368 g/mol. The number of hydrogen-bond donors (Lipinski definition) is 1. The summed E-state index contributed by atoms with van der Waals surface area (Å²) < 4.78 is 2.03. The molecule has 0 radical (unpaired) electrons. The lowest BCUT2D eigenvalue weighted by Crippen LogP contribution is -2.23. The van der Waals surface area contributed by atoms with Crippen molar-refractivity contribution >= 4 is 22.4 Å². The molecule has 3 aromatic rings. The number of aryl methyl sites for hydroxylation is 3. The van der Waals surface area contributed by atoms with Crippen LogP contribution in [0.25, 0.3) is 0 Å². The smallest absolute Gasteiger partial charge is 0.229 e. The highest BCUT2D eigenvalue weighted by atomic mass is 32.1. The second kappa shape index (κ2) is 7.33. The summed E-state index contributed by atoms with van der Waals surface area (Å²) in [5.74, 6) is 0.930. The van der Waals surface area contributed by atoms with E-state index in [2.05, 4.69) is 56.9 Å². The minimum absolute atomic E-state index is 0.0155. The molecule has 0 spiro atoms. The number of nitrogens with zero attached hydrogens (tertiary/aromatic N) is 5. The number of carbonyl (C=O) groups excluding carboxylic acids is 1. The third kappa shape index (κ3) is 3.80. The first-order chi connectivity index (χ1) is 12.7. The quantitative estimate of drug-likeness (QED) is 0.765. The van der Waals surface area contributed by atoms with Crippen molar-refractivity contribution in [2.45, 2.75) is 39.2 Å². The van der Waals surface area contributed by atoms with E-state index in [9.17, 15) is 4.79 Å². The summed E-state index contributed by atoms with van der Waals surface area (Å²) in [5, 5.41) is 20.8. The minimum atomic E-state index is -0.0406. The maximum atomic E-state index is 12.6. The van der Waals surface area contributed by atoms with E-state index >= 15 is 0 Å². The molecule has 1 N–H and O–H groups in total. The summed E-state index contributed by atoms with van der Waals surface area (Å²) in [6.07, 6.45) is 4.79. The Labute approximate surface area is 155 Å². The second-order valence-electron chi connectivity index (χ2n) is 6.62. The average molecular weight is 368 g/mol. The van der Waals surface area contributed by atoms with Crippen LogP contribution < -0.4 is 5.32 Å². The van der Waals surface area contributed by atoms with E-state index in [1.165, 1.54) is 22.5 Å². The lowest BCUT2D eigenvalue weighted by atomic mass is 10.00. The van der Waals surface area contributed by atoms with E-state index in [1.807, 2.05) is 4.57 Å². The number of fused-ring (bicyclic) bond motifs is 1. The number of anilines is 1. The second-order valence-corrected chi connectivity index (χ2v) is 7.68. The third-order valence-corrected chi connectivity index (χ3v) is 5.51. The maximum Gasteiger partial charge on any atom is 0.229 e. The predicted molar refractivity (Wildman–Crippen MR) is 99.0 cm³/mol. The van der Waals surface area contributed by atoms with Gasteiger partial charge in [0.2, 0.25) is 11.0 Å². The van der Waals surface area contributed by atoms with Gasteiger partial charge in [-0.25, -0.2) is 0 Å². The molecule has 0 aliphatic carbocycles. The Bertz CT molecular complexity index is 878. The number of amides is 1. The molecule has 0 bridgehead atoms. The fraction of sp³-hybridized carbons (Fsp3) is 0.389. The zero-order chi connectivity index (χ0) is 17.9. The first kappa shape index (κ1) is 16.8. The summed E-state index contributed by atoms with van der Waals surface area (Å²) >= 11 is 1.44. The summed E-state index contributed by atoms with van der Waals surface area (Å²) in [6.45, 7) is 2.84. The Hall–Kier alpha value is -2.61. The molecule has 1 aromatic carbocycles. The predicted octanol–water partition coefficient (Wildman–Crippen LogP) is 2.62. The van der Waals surface area contributed by atoms with Crippen molar-refractivity contribution < 1.29 is 4.79 Å². The molecule has 2 aromatic heterocycles. The SMILES string of the molecule is Cc1ccc(Cc2nnc(NC(=O)C3CCc4nncn4CC3)s2)cc1. The fourth-order valence-electron chi connectivity index (χ4n) is 3.13. The van der Waals surface area contributed by atoms with Crippen LogP contribution in [-0.4, -0.2) is 30.9 Å². The van der Waals surface area contributed by atoms with Crippen molar-refractivity contribution in [1.82, 2.24) is 25.0 Å². The zero-order valence-corrected chi connectivity index (χ0v) is 15.4. The van der Waals surface area contributed by atoms with E-state index in [-0.39, 0.29) is 11.8 Å². The van der Waals surface area contributed by atoms with Crippen LogP contribution in [0.2, 0.25) is 0 Å². The molecule has 1 amide bonds. The summed E-state index contributed by atoms with van der Waals surface area (Å²) in [5.41, 5.74) is 2.43. The van der Waals surface area contributed by atoms with Gasteiger partial charge in [0, 0.05) is 25.3 Å². The highest BCUT2D eigenvalue weighted by molar-refractivity contribution is 7.15. The van der Waals surface area contributed by atoms with Crippen molar-refractivity contribution in [3.63, 3.8) is 0 Å². The molecule has 3 heterocycles. The van der Waals surface area contributed by atoms with E-state index in [0.717, 1.165) is 43.1 Å². The number of rotatable bonds is 4. The molecule has 1 aliphatic rings. The molecule has 1 aliphatic heterocycles. The van der Waals surface area contributed by atoms with Crippen molar-refractivity contribution in [1.29, 1.82) is 0 Å². The van der Waals surface area contributed by atoms with E-state index < -0.39 is 0 Å². The molecule has 8 heteroatoms. The molecular formula is C18H20N6OS. The van der Waals surface area contributed by atoms with Crippen LogP contribution >= 0.6 is 11.3 Å².